The van der Waals surface area contributed by atoms with E-state index in [1.165, 1.54) is 0 Å². The summed E-state index contributed by atoms with van der Waals surface area (Å²) in [4.78, 5) is 41.1. The van der Waals surface area contributed by atoms with E-state index >= 15 is 0 Å². The molecular formula is C38H66N2O6. The summed E-state index contributed by atoms with van der Waals surface area (Å²) in [6.45, 7) is 23.8. The van der Waals surface area contributed by atoms with Crippen LogP contribution in [0.1, 0.15) is 134 Å². The summed E-state index contributed by atoms with van der Waals surface area (Å²) in [7, 11) is 0. The van der Waals surface area contributed by atoms with Gasteiger partial charge in [-0.15, -0.1) is 0 Å². The van der Waals surface area contributed by atoms with Gasteiger partial charge in [0, 0.05) is 19.5 Å². The molecule has 3 saturated carbocycles. The Labute approximate surface area is 279 Å². The lowest BCUT2D eigenvalue weighted by Crippen LogP contribution is -2.63. The maximum Gasteiger partial charge on any atom is 0.408 e. The van der Waals surface area contributed by atoms with Crippen LogP contribution in [0.4, 0.5) is 4.79 Å². The third-order valence-electron chi connectivity index (χ3n) is 12.9. The highest BCUT2D eigenvalue weighted by Crippen LogP contribution is 2.67. The highest BCUT2D eigenvalue weighted by molar-refractivity contribution is 5.86. The molecule has 8 nitrogen and oxygen atoms in total. The number of aliphatic hydroxyl groups is 1. The van der Waals surface area contributed by atoms with Gasteiger partial charge in [0.1, 0.15) is 17.2 Å². The Bertz CT molecular complexity index is 1110. The number of fused-ring (bicyclic) bond motifs is 5. The van der Waals surface area contributed by atoms with Crippen LogP contribution in [0.25, 0.3) is 0 Å². The smallest absolute Gasteiger partial charge is 0.408 e. The first-order valence-electron chi connectivity index (χ1n) is 18.4. The quantitative estimate of drug-likeness (QED) is 0.267. The molecule has 2 N–H and O–H groups in total. The topological polar surface area (TPSA) is 105 Å². The van der Waals surface area contributed by atoms with Gasteiger partial charge in [-0.25, -0.2) is 4.79 Å². The van der Waals surface area contributed by atoms with Crippen LogP contribution in [-0.4, -0.2) is 64.4 Å². The van der Waals surface area contributed by atoms with Gasteiger partial charge in [0.25, 0.3) is 0 Å². The zero-order valence-corrected chi connectivity index (χ0v) is 30.9. The number of piperidine rings is 1. The van der Waals surface area contributed by atoms with Crippen molar-refractivity contribution >= 4 is 18.0 Å². The van der Waals surface area contributed by atoms with Crippen molar-refractivity contribution in [3.05, 3.63) is 0 Å². The molecule has 46 heavy (non-hydrogen) atoms. The maximum absolute atomic E-state index is 14.0. The van der Waals surface area contributed by atoms with Gasteiger partial charge in [-0.05, 0) is 139 Å². The molecule has 0 spiro atoms. The molecule has 1 saturated heterocycles. The first kappa shape index (κ1) is 37.0. The molecule has 0 aromatic carbocycles. The molecule has 8 heteroatoms. The lowest BCUT2D eigenvalue weighted by Gasteiger charge is -2.63. The Balaban J connectivity index is 1.44. The van der Waals surface area contributed by atoms with Crippen molar-refractivity contribution in [1.29, 1.82) is 0 Å². The number of hydrogen-bond acceptors (Lipinski definition) is 6. The molecule has 2 amide bonds. The number of nitrogens with one attached hydrogen (secondary N) is 1. The fourth-order valence-corrected chi connectivity index (χ4v) is 10.4. The van der Waals surface area contributed by atoms with Crippen molar-refractivity contribution in [3.63, 3.8) is 0 Å². The fourth-order valence-electron chi connectivity index (χ4n) is 10.4. The van der Waals surface area contributed by atoms with Crippen molar-refractivity contribution in [1.82, 2.24) is 10.2 Å². The van der Waals surface area contributed by atoms with Crippen LogP contribution in [-0.2, 0) is 19.1 Å². The van der Waals surface area contributed by atoms with Gasteiger partial charge in [0.05, 0.1) is 6.10 Å². The predicted octanol–water partition coefficient (Wildman–Crippen LogP) is 7.36. The lowest BCUT2D eigenvalue weighted by atomic mass is 9.44. The molecule has 264 valence electrons. The van der Waals surface area contributed by atoms with Crippen molar-refractivity contribution < 1.29 is 29.0 Å². The minimum absolute atomic E-state index is 0.0208. The van der Waals surface area contributed by atoms with Gasteiger partial charge in [-0.2, -0.15) is 0 Å². The van der Waals surface area contributed by atoms with Gasteiger partial charge in [-0.3, -0.25) is 9.59 Å². The number of alkyl carbamates (subject to hydrolysis) is 1. The first-order chi connectivity index (χ1) is 21.2. The van der Waals surface area contributed by atoms with Crippen molar-refractivity contribution in [3.8, 4) is 0 Å². The molecule has 11 atom stereocenters. The maximum atomic E-state index is 14.0. The average Bonchev–Trinajstić information content (AvgIpc) is 3.29. The summed E-state index contributed by atoms with van der Waals surface area (Å²) in [5, 5.41) is 14.8. The molecule has 1 aliphatic heterocycles. The van der Waals surface area contributed by atoms with Crippen LogP contribution in [0.3, 0.4) is 0 Å². The largest absolute Gasteiger partial charge is 0.460 e. The van der Waals surface area contributed by atoms with E-state index in [0.717, 1.165) is 51.4 Å². The predicted molar refractivity (Wildman–Crippen MR) is 181 cm³/mol. The molecule has 0 radical (unpaired) electrons. The summed E-state index contributed by atoms with van der Waals surface area (Å²) >= 11 is 0. The van der Waals surface area contributed by atoms with E-state index in [-0.39, 0.29) is 46.6 Å². The number of hydrogen-bond donors (Lipinski definition) is 2. The number of carbonyl (C=O) groups excluding carboxylic acids is 3. The lowest BCUT2D eigenvalue weighted by molar-refractivity contribution is -0.177. The van der Waals surface area contributed by atoms with E-state index < -0.39 is 23.3 Å². The van der Waals surface area contributed by atoms with Crippen LogP contribution >= 0.6 is 0 Å². The summed E-state index contributed by atoms with van der Waals surface area (Å²) in [6.07, 6.45) is 7.39. The number of rotatable bonds is 8. The molecule has 0 bridgehead atoms. The van der Waals surface area contributed by atoms with Crippen molar-refractivity contribution in [2.45, 2.75) is 157 Å². The van der Waals surface area contributed by atoms with E-state index in [1.54, 1.807) is 0 Å². The normalized spacial score (nSPS) is 36.4. The van der Waals surface area contributed by atoms with Gasteiger partial charge >= 0.3 is 12.1 Å². The van der Waals surface area contributed by atoms with Crippen LogP contribution in [0.15, 0.2) is 0 Å². The van der Waals surface area contributed by atoms with Crippen LogP contribution in [0.5, 0.6) is 0 Å². The standard InChI is InChI=1S/C38H66N2O6/c1-12-23(2)32(39-34(44)46-36(7,8)9)33(43)40-20-19-37(10)25(22-40)21-29(41)31-27-15-14-26(38(27,11)18-17-28(31)37)24(3)13-16-30(42)45-35(4,5)6/h23-29,31-32,41H,12-22H2,1-11H3,(H,39,44)/t23-,24+,25+,26+,27-,28-,29-,31-,32-,37-,38+/m0/s1. The fraction of sp³-hybridized carbons (Fsp3) is 0.921. The summed E-state index contributed by atoms with van der Waals surface area (Å²) < 4.78 is 11.1. The zero-order valence-electron chi connectivity index (χ0n) is 30.9. The monoisotopic (exact) mass is 646 g/mol. The van der Waals surface area contributed by atoms with Crippen molar-refractivity contribution in [2.75, 3.05) is 13.1 Å². The molecule has 0 unspecified atom stereocenters. The Kier molecular flexibility index (Phi) is 10.9. The summed E-state index contributed by atoms with van der Waals surface area (Å²) in [5.74, 6) is 2.27. The van der Waals surface area contributed by atoms with E-state index in [1.807, 2.05) is 60.3 Å². The zero-order chi connectivity index (χ0) is 34.4. The number of amides is 2. The Hall–Kier alpha value is -1.83. The number of ether oxygens (including phenoxy) is 2. The van der Waals surface area contributed by atoms with Gasteiger partial charge < -0.3 is 24.8 Å². The summed E-state index contributed by atoms with van der Waals surface area (Å²) in [6, 6.07) is -0.631. The first-order valence-corrected chi connectivity index (χ1v) is 18.4. The third kappa shape index (κ3) is 7.73. The van der Waals surface area contributed by atoms with Gasteiger partial charge in [0.2, 0.25) is 5.91 Å². The molecule has 4 rings (SSSR count). The van der Waals surface area contributed by atoms with Gasteiger partial charge in [-0.1, -0.05) is 41.0 Å². The minimum atomic E-state index is -0.637. The number of carbonyl (C=O) groups is 3. The van der Waals surface area contributed by atoms with Crippen molar-refractivity contribution in [2.24, 2.45) is 52.3 Å². The van der Waals surface area contributed by atoms with Crippen LogP contribution in [0, 0.1) is 52.3 Å². The second-order valence-corrected chi connectivity index (χ2v) is 18.2. The second-order valence-electron chi connectivity index (χ2n) is 18.2. The molecular weight excluding hydrogens is 580 g/mol. The molecule has 4 aliphatic rings. The van der Waals surface area contributed by atoms with E-state index in [2.05, 4.69) is 26.1 Å². The van der Waals surface area contributed by atoms with Gasteiger partial charge in [0.15, 0.2) is 0 Å². The molecule has 1 heterocycles. The molecule has 4 fully saturated rings. The molecule has 0 aromatic heterocycles. The highest BCUT2D eigenvalue weighted by atomic mass is 16.6. The number of esters is 1. The summed E-state index contributed by atoms with van der Waals surface area (Å²) in [5.41, 5.74) is -0.842. The number of likely N-dealkylation sites (tertiary alicyclic amines) is 1. The SMILES string of the molecule is CC[C@H](C)[C@H](NC(=O)OC(C)(C)C)C(=O)N1CC[C@@]2(C)[C@H](C[C@H](O)[C@@H]3[C@@H]2CC[C@]2(C)[C@@H]([C@H](C)CCC(=O)OC(C)(C)C)CC[C@@H]32)C1. The van der Waals surface area contributed by atoms with Crippen LogP contribution in [0.2, 0.25) is 0 Å². The number of aliphatic hydroxyl groups excluding tert-OH is 1. The Morgan fingerprint density at radius 3 is 2.17 bits per heavy atom. The van der Waals surface area contributed by atoms with E-state index in [4.69, 9.17) is 9.47 Å². The van der Waals surface area contributed by atoms with Crippen LogP contribution < -0.4 is 5.32 Å². The third-order valence-corrected chi connectivity index (χ3v) is 12.9. The highest BCUT2D eigenvalue weighted by Gasteiger charge is 2.63. The second kappa shape index (κ2) is 13.6. The average molecular weight is 647 g/mol. The minimum Gasteiger partial charge on any atom is -0.460 e. The van der Waals surface area contributed by atoms with E-state index in [9.17, 15) is 19.5 Å². The van der Waals surface area contributed by atoms with E-state index in [0.29, 0.717) is 43.2 Å². The Morgan fingerprint density at radius 2 is 1.57 bits per heavy atom. The molecule has 0 aromatic rings. The number of nitrogens with zero attached hydrogens (tertiary/aromatic N) is 1. The Morgan fingerprint density at radius 1 is 0.935 bits per heavy atom. The molecule has 3 aliphatic carbocycles.